The van der Waals surface area contributed by atoms with Crippen LogP contribution < -0.4 is 5.43 Å². The predicted octanol–water partition coefficient (Wildman–Crippen LogP) is 4.45. The Bertz CT molecular complexity index is 705. The van der Waals surface area contributed by atoms with Gasteiger partial charge in [0.2, 0.25) is 5.13 Å². The summed E-state index contributed by atoms with van der Waals surface area (Å²) in [6.45, 7) is 0. The molecule has 3 nitrogen and oxygen atoms in total. The molecule has 0 bridgehead atoms. The van der Waals surface area contributed by atoms with Gasteiger partial charge in [0.1, 0.15) is 0 Å². The summed E-state index contributed by atoms with van der Waals surface area (Å²) in [7, 11) is 0. The highest BCUT2D eigenvalue weighted by Gasteiger charge is 2.02. The molecule has 0 saturated carbocycles. The third-order valence-electron chi connectivity index (χ3n) is 3.00. The summed E-state index contributed by atoms with van der Waals surface area (Å²) < 4.78 is 0. The van der Waals surface area contributed by atoms with Gasteiger partial charge in [-0.05, 0) is 5.56 Å². The first-order valence-corrected chi connectivity index (χ1v) is 7.62. The summed E-state index contributed by atoms with van der Waals surface area (Å²) >= 11 is 1.55. The molecule has 0 unspecified atom stereocenters. The molecule has 0 saturated heterocycles. The molecule has 2 aromatic carbocycles. The van der Waals surface area contributed by atoms with Crippen molar-refractivity contribution in [1.82, 2.24) is 4.98 Å². The second kappa shape index (κ2) is 6.81. The largest absolute Gasteiger partial charge is 0.253 e. The fourth-order valence-corrected chi connectivity index (χ4v) is 2.60. The molecular weight excluding hydrogens is 278 g/mol. The van der Waals surface area contributed by atoms with E-state index in [2.05, 4.69) is 39.8 Å². The quantitative estimate of drug-likeness (QED) is 0.557. The molecule has 0 spiro atoms. The minimum Gasteiger partial charge on any atom is -0.253 e. The van der Waals surface area contributed by atoms with E-state index in [-0.39, 0.29) is 0 Å². The van der Waals surface area contributed by atoms with Crippen molar-refractivity contribution in [3.8, 4) is 11.3 Å². The lowest BCUT2D eigenvalue weighted by atomic mass is 10.2. The van der Waals surface area contributed by atoms with E-state index in [0.717, 1.165) is 22.8 Å². The molecule has 0 aliphatic heterocycles. The summed E-state index contributed by atoms with van der Waals surface area (Å²) in [5.74, 6) is 0. The van der Waals surface area contributed by atoms with Gasteiger partial charge in [0.05, 0.1) is 5.69 Å². The molecular formula is C17H15N3S. The van der Waals surface area contributed by atoms with Gasteiger partial charge in [-0.2, -0.15) is 5.10 Å². The second-order valence-corrected chi connectivity index (χ2v) is 5.38. The molecule has 0 atom stereocenters. The summed E-state index contributed by atoms with van der Waals surface area (Å²) in [5, 5.41) is 7.05. The van der Waals surface area contributed by atoms with Gasteiger partial charge < -0.3 is 0 Å². The number of thiazole rings is 1. The summed E-state index contributed by atoms with van der Waals surface area (Å²) in [4.78, 5) is 4.52. The van der Waals surface area contributed by atoms with Crippen molar-refractivity contribution in [2.75, 3.05) is 5.43 Å². The Morgan fingerprint density at radius 3 is 2.48 bits per heavy atom. The SMILES string of the molecule is C(/Cc1ccccc1)=N/Nc1nc(-c2ccccc2)cs1. The first-order valence-electron chi connectivity index (χ1n) is 6.74. The summed E-state index contributed by atoms with van der Waals surface area (Å²) in [5.41, 5.74) is 6.32. The van der Waals surface area contributed by atoms with Gasteiger partial charge in [-0.25, -0.2) is 4.98 Å². The Hall–Kier alpha value is -2.46. The number of nitrogens with one attached hydrogen (secondary N) is 1. The van der Waals surface area contributed by atoms with Crippen molar-refractivity contribution in [1.29, 1.82) is 0 Å². The zero-order chi connectivity index (χ0) is 14.3. The van der Waals surface area contributed by atoms with E-state index >= 15 is 0 Å². The Kier molecular flexibility index (Phi) is 4.39. The molecule has 3 rings (SSSR count). The highest BCUT2D eigenvalue weighted by Crippen LogP contribution is 2.24. The maximum atomic E-state index is 4.52. The number of rotatable bonds is 5. The van der Waals surface area contributed by atoms with Crippen LogP contribution in [0.3, 0.4) is 0 Å². The minimum absolute atomic E-state index is 0.804. The molecule has 3 aromatic rings. The van der Waals surface area contributed by atoms with Crippen LogP contribution in [0.4, 0.5) is 5.13 Å². The highest BCUT2D eigenvalue weighted by atomic mass is 32.1. The van der Waals surface area contributed by atoms with Crippen molar-refractivity contribution >= 4 is 22.7 Å². The summed E-state index contributed by atoms with van der Waals surface area (Å²) in [6, 6.07) is 20.4. The number of hydrogen-bond acceptors (Lipinski definition) is 4. The van der Waals surface area contributed by atoms with E-state index in [1.807, 2.05) is 48.0 Å². The lowest BCUT2D eigenvalue weighted by Crippen LogP contribution is -1.91. The van der Waals surface area contributed by atoms with Crippen LogP contribution in [0.15, 0.2) is 71.1 Å². The van der Waals surface area contributed by atoms with Gasteiger partial charge in [0.25, 0.3) is 0 Å². The van der Waals surface area contributed by atoms with Crippen LogP contribution in [-0.2, 0) is 6.42 Å². The van der Waals surface area contributed by atoms with Crippen LogP contribution in [0, 0.1) is 0 Å². The molecule has 0 fully saturated rings. The maximum Gasteiger partial charge on any atom is 0.203 e. The van der Waals surface area contributed by atoms with Gasteiger partial charge in [-0.3, -0.25) is 5.43 Å². The number of hydrogen-bond donors (Lipinski definition) is 1. The Balaban J connectivity index is 1.58. The van der Waals surface area contributed by atoms with Crippen LogP contribution in [0.2, 0.25) is 0 Å². The number of aromatic nitrogens is 1. The molecule has 1 aromatic heterocycles. The minimum atomic E-state index is 0.804. The zero-order valence-corrected chi connectivity index (χ0v) is 12.3. The molecule has 4 heteroatoms. The van der Waals surface area contributed by atoms with Crippen molar-refractivity contribution in [2.24, 2.45) is 5.10 Å². The molecule has 0 aliphatic rings. The van der Waals surface area contributed by atoms with Gasteiger partial charge >= 0.3 is 0 Å². The van der Waals surface area contributed by atoms with Crippen LogP contribution in [0.25, 0.3) is 11.3 Å². The maximum absolute atomic E-state index is 4.52. The van der Waals surface area contributed by atoms with Crippen LogP contribution in [0.5, 0.6) is 0 Å². The van der Waals surface area contributed by atoms with Gasteiger partial charge in [0, 0.05) is 23.6 Å². The Morgan fingerprint density at radius 2 is 1.71 bits per heavy atom. The average Bonchev–Trinajstić information content (AvgIpc) is 3.02. The standard InChI is InChI=1S/C17H15N3S/c1-3-7-14(8-4-1)11-12-18-20-17-19-16(13-21-17)15-9-5-2-6-10-15/h1-10,12-13H,11H2,(H,19,20)/b18-12-. The molecule has 0 amide bonds. The molecule has 1 heterocycles. The highest BCUT2D eigenvalue weighted by molar-refractivity contribution is 7.14. The lowest BCUT2D eigenvalue weighted by Gasteiger charge is -1.96. The number of benzene rings is 2. The Morgan fingerprint density at radius 1 is 1.00 bits per heavy atom. The molecule has 21 heavy (non-hydrogen) atoms. The first-order chi connectivity index (χ1) is 10.4. The van der Waals surface area contributed by atoms with Gasteiger partial charge in [-0.1, -0.05) is 60.7 Å². The second-order valence-electron chi connectivity index (χ2n) is 4.52. The van der Waals surface area contributed by atoms with E-state index in [0.29, 0.717) is 0 Å². The summed E-state index contributed by atoms with van der Waals surface area (Å²) in [6.07, 6.45) is 2.67. The third kappa shape index (κ3) is 3.77. The van der Waals surface area contributed by atoms with E-state index in [1.165, 1.54) is 5.56 Å². The topological polar surface area (TPSA) is 37.3 Å². The monoisotopic (exact) mass is 293 g/mol. The van der Waals surface area contributed by atoms with Gasteiger partial charge in [0.15, 0.2) is 0 Å². The third-order valence-corrected chi connectivity index (χ3v) is 3.74. The number of anilines is 1. The van der Waals surface area contributed by atoms with Crippen LogP contribution in [0.1, 0.15) is 5.56 Å². The zero-order valence-electron chi connectivity index (χ0n) is 11.4. The van der Waals surface area contributed by atoms with E-state index in [1.54, 1.807) is 11.3 Å². The molecule has 0 aliphatic carbocycles. The molecule has 104 valence electrons. The van der Waals surface area contributed by atoms with Crippen molar-refractivity contribution in [2.45, 2.75) is 6.42 Å². The first kappa shape index (κ1) is 13.5. The van der Waals surface area contributed by atoms with Crippen LogP contribution in [-0.4, -0.2) is 11.2 Å². The van der Waals surface area contributed by atoms with E-state index in [9.17, 15) is 0 Å². The number of hydrazone groups is 1. The van der Waals surface area contributed by atoms with Crippen LogP contribution >= 0.6 is 11.3 Å². The lowest BCUT2D eigenvalue weighted by molar-refractivity contribution is 1.26. The number of nitrogens with zero attached hydrogens (tertiary/aromatic N) is 2. The molecule has 1 N–H and O–H groups in total. The fraction of sp³-hybridized carbons (Fsp3) is 0.0588. The Labute approximate surface area is 128 Å². The van der Waals surface area contributed by atoms with Crippen molar-refractivity contribution in [3.63, 3.8) is 0 Å². The van der Waals surface area contributed by atoms with E-state index in [4.69, 9.17) is 0 Å². The smallest absolute Gasteiger partial charge is 0.203 e. The average molecular weight is 293 g/mol. The van der Waals surface area contributed by atoms with E-state index < -0.39 is 0 Å². The molecule has 0 radical (unpaired) electrons. The normalized spacial score (nSPS) is 10.9. The fourth-order valence-electron chi connectivity index (χ4n) is 1.93. The van der Waals surface area contributed by atoms with Crippen molar-refractivity contribution < 1.29 is 0 Å². The predicted molar refractivity (Wildman–Crippen MR) is 89.8 cm³/mol. The van der Waals surface area contributed by atoms with Gasteiger partial charge in [-0.15, -0.1) is 11.3 Å². The van der Waals surface area contributed by atoms with Crippen molar-refractivity contribution in [3.05, 3.63) is 71.6 Å².